The molecule has 1 aromatic rings. The molecule has 1 atom stereocenters. The number of rotatable bonds is 5. The van der Waals surface area contributed by atoms with Crippen LogP contribution in [0.2, 0.25) is 0 Å². The summed E-state index contributed by atoms with van der Waals surface area (Å²) >= 11 is 0. The Morgan fingerprint density at radius 2 is 2.00 bits per heavy atom. The average molecular weight is 224 g/mol. The van der Waals surface area contributed by atoms with E-state index in [1.165, 1.54) is 0 Å². The lowest BCUT2D eigenvalue weighted by atomic mass is 10.3. The predicted molar refractivity (Wildman–Crippen MR) is 59.3 cm³/mol. The van der Waals surface area contributed by atoms with Gasteiger partial charge in [0.05, 0.1) is 6.61 Å². The highest BCUT2D eigenvalue weighted by Gasteiger charge is 2.11. The van der Waals surface area contributed by atoms with Gasteiger partial charge in [-0.2, -0.15) is 0 Å². The number of benzene rings is 1. The maximum absolute atomic E-state index is 11.3. The zero-order chi connectivity index (χ0) is 11.8. The van der Waals surface area contributed by atoms with Crippen LogP contribution in [0.5, 0.6) is 5.75 Å². The Morgan fingerprint density at radius 1 is 1.31 bits per heavy atom. The van der Waals surface area contributed by atoms with Gasteiger partial charge in [0.25, 0.3) is 0 Å². The van der Waals surface area contributed by atoms with Crippen LogP contribution in [0.4, 0.5) is 4.79 Å². The Labute approximate surface area is 95.1 Å². The van der Waals surface area contributed by atoms with Crippen molar-refractivity contribution in [1.29, 1.82) is 0 Å². The Bertz CT molecular complexity index is 310. The van der Waals surface area contributed by atoms with Crippen molar-refractivity contribution in [2.45, 2.75) is 26.6 Å². The molecule has 4 nitrogen and oxygen atoms in total. The number of para-hydroxylation sites is 1. The van der Waals surface area contributed by atoms with E-state index in [1.807, 2.05) is 13.0 Å². The maximum Gasteiger partial charge on any atom is 0.516 e. The van der Waals surface area contributed by atoms with E-state index in [-0.39, 0.29) is 0 Å². The van der Waals surface area contributed by atoms with Gasteiger partial charge in [0, 0.05) is 0 Å². The summed E-state index contributed by atoms with van der Waals surface area (Å²) in [5.74, 6) is 0.454. The van der Waals surface area contributed by atoms with Crippen LogP contribution in [0.3, 0.4) is 0 Å². The number of hydrogen-bond acceptors (Lipinski definition) is 4. The minimum atomic E-state index is -0.755. The lowest BCUT2D eigenvalue weighted by Gasteiger charge is -2.12. The van der Waals surface area contributed by atoms with Crippen LogP contribution < -0.4 is 4.74 Å². The highest BCUT2D eigenvalue weighted by Crippen LogP contribution is 2.10. The van der Waals surface area contributed by atoms with Crippen molar-refractivity contribution in [2.24, 2.45) is 0 Å². The molecule has 0 spiro atoms. The minimum absolute atomic E-state index is 0.454. The standard InChI is InChI=1S/C12H16O4/c1-3-9-14-10(2)15-12(13)16-11-7-5-4-6-8-11/h4-8,10H,3,9H2,1-2H3. The summed E-state index contributed by atoms with van der Waals surface area (Å²) in [5, 5.41) is 0. The smallest absolute Gasteiger partial charge is 0.404 e. The van der Waals surface area contributed by atoms with Gasteiger partial charge >= 0.3 is 6.16 Å². The molecule has 0 heterocycles. The van der Waals surface area contributed by atoms with Crippen molar-refractivity contribution in [3.8, 4) is 5.75 Å². The van der Waals surface area contributed by atoms with E-state index in [2.05, 4.69) is 0 Å². The molecule has 4 heteroatoms. The van der Waals surface area contributed by atoms with Gasteiger partial charge in [0.1, 0.15) is 5.75 Å². The third kappa shape index (κ3) is 4.79. The quantitative estimate of drug-likeness (QED) is 0.438. The Kier molecular flexibility index (Phi) is 5.36. The molecule has 0 N–H and O–H groups in total. The summed E-state index contributed by atoms with van der Waals surface area (Å²) in [5.41, 5.74) is 0. The van der Waals surface area contributed by atoms with E-state index >= 15 is 0 Å². The summed E-state index contributed by atoms with van der Waals surface area (Å²) in [6.45, 7) is 4.19. The van der Waals surface area contributed by atoms with Crippen LogP contribution >= 0.6 is 0 Å². The van der Waals surface area contributed by atoms with Gasteiger partial charge in [-0.05, 0) is 25.5 Å². The van der Waals surface area contributed by atoms with E-state index < -0.39 is 12.4 Å². The molecule has 0 aliphatic carbocycles. The van der Waals surface area contributed by atoms with Gasteiger partial charge in [0.2, 0.25) is 6.29 Å². The average Bonchev–Trinajstić information content (AvgIpc) is 2.27. The first-order chi connectivity index (χ1) is 7.72. The lowest BCUT2D eigenvalue weighted by molar-refractivity contribution is -0.102. The number of carbonyl (C=O) groups excluding carboxylic acids is 1. The molecular weight excluding hydrogens is 208 g/mol. The molecule has 88 valence electrons. The molecule has 1 aromatic carbocycles. The van der Waals surface area contributed by atoms with Crippen molar-refractivity contribution < 1.29 is 19.0 Å². The summed E-state index contributed by atoms with van der Waals surface area (Å²) in [4.78, 5) is 11.3. The predicted octanol–water partition coefficient (Wildman–Crippen LogP) is 2.97. The third-order valence-corrected chi connectivity index (χ3v) is 1.76. The van der Waals surface area contributed by atoms with Crippen LogP contribution in [0.15, 0.2) is 30.3 Å². The zero-order valence-electron chi connectivity index (χ0n) is 9.51. The van der Waals surface area contributed by atoms with Gasteiger partial charge in [0.15, 0.2) is 0 Å². The van der Waals surface area contributed by atoms with Crippen LogP contribution in [-0.4, -0.2) is 19.1 Å². The van der Waals surface area contributed by atoms with Crippen molar-refractivity contribution in [3.63, 3.8) is 0 Å². The second-order valence-corrected chi connectivity index (χ2v) is 3.22. The Hall–Kier alpha value is -1.55. The topological polar surface area (TPSA) is 44.8 Å². The van der Waals surface area contributed by atoms with Gasteiger partial charge in [-0.1, -0.05) is 25.1 Å². The fourth-order valence-corrected chi connectivity index (χ4v) is 1.06. The molecule has 1 unspecified atom stereocenters. The molecule has 0 aliphatic rings. The van der Waals surface area contributed by atoms with Gasteiger partial charge in [-0.3, -0.25) is 0 Å². The normalized spacial score (nSPS) is 11.9. The first-order valence-corrected chi connectivity index (χ1v) is 5.27. The second-order valence-electron chi connectivity index (χ2n) is 3.22. The van der Waals surface area contributed by atoms with Gasteiger partial charge in [-0.25, -0.2) is 4.79 Å². The van der Waals surface area contributed by atoms with E-state index in [1.54, 1.807) is 31.2 Å². The van der Waals surface area contributed by atoms with Gasteiger partial charge in [-0.15, -0.1) is 0 Å². The Morgan fingerprint density at radius 3 is 2.62 bits per heavy atom. The summed E-state index contributed by atoms with van der Waals surface area (Å²) in [7, 11) is 0. The molecule has 0 saturated heterocycles. The van der Waals surface area contributed by atoms with Crippen molar-refractivity contribution in [2.75, 3.05) is 6.61 Å². The SMILES string of the molecule is CCCOC(C)OC(=O)Oc1ccccc1. The summed E-state index contributed by atoms with van der Waals surface area (Å²) in [6.07, 6.45) is -0.465. The lowest BCUT2D eigenvalue weighted by Crippen LogP contribution is -2.21. The van der Waals surface area contributed by atoms with E-state index in [9.17, 15) is 4.79 Å². The van der Waals surface area contributed by atoms with E-state index in [0.717, 1.165) is 6.42 Å². The number of hydrogen-bond donors (Lipinski definition) is 0. The van der Waals surface area contributed by atoms with Crippen molar-refractivity contribution in [3.05, 3.63) is 30.3 Å². The highest BCUT2D eigenvalue weighted by molar-refractivity contribution is 5.63. The largest absolute Gasteiger partial charge is 0.516 e. The summed E-state index contributed by atoms with van der Waals surface area (Å²) in [6, 6.07) is 8.75. The third-order valence-electron chi connectivity index (χ3n) is 1.76. The maximum atomic E-state index is 11.3. The molecule has 0 amide bonds. The molecule has 0 fully saturated rings. The van der Waals surface area contributed by atoms with Crippen molar-refractivity contribution >= 4 is 6.16 Å². The molecule has 0 radical (unpaired) electrons. The fourth-order valence-electron chi connectivity index (χ4n) is 1.06. The van der Waals surface area contributed by atoms with Crippen LogP contribution in [0.1, 0.15) is 20.3 Å². The second kappa shape index (κ2) is 6.85. The Balaban J connectivity index is 2.31. The van der Waals surface area contributed by atoms with Crippen LogP contribution in [-0.2, 0) is 9.47 Å². The first-order valence-electron chi connectivity index (χ1n) is 5.27. The molecule has 0 bridgehead atoms. The fraction of sp³-hybridized carbons (Fsp3) is 0.417. The molecular formula is C12H16O4. The van der Waals surface area contributed by atoms with Crippen LogP contribution in [0, 0.1) is 0 Å². The summed E-state index contributed by atoms with van der Waals surface area (Å²) < 4.78 is 15.0. The molecule has 1 rings (SSSR count). The zero-order valence-corrected chi connectivity index (χ0v) is 9.51. The number of carbonyl (C=O) groups is 1. The highest BCUT2D eigenvalue weighted by atomic mass is 16.8. The molecule has 0 saturated carbocycles. The minimum Gasteiger partial charge on any atom is -0.404 e. The van der Waals surface area contributed by atoms with Crippen LogP contribution in [0.25, 0.3) is 0 Å². The molecule has 16 heavy (non-hydrogen) atoms. The van der Waals surface area contributed by atoms with Gasteiger partial charge < -0.3 is 14.2 Å². The van der Waals surface area contributed by atoms with Crippen molar-refractivity contribution in [1.82, 2.24) is 0 Å². The molecule has 0 aliphatic heterocycles. The monoisotopic (exact) mass is 224 g/mol. The molecule has 0 aromatic heterocycles. The van der Waals surface area contributed by atoms with E-state index in [0.29, 0.717) is 12.4 Å². The first kappa shape index (κ1) is 12.5. The number of ether oxygens (including phenoxy) is 3. The van der Waals surface area contributed by atoms with E-state index in [4.69, 9.17) is 14.2 Å².